The molecule has 0 radical (unpaired) electrons. The van der Waals surface area contributed by atoms with Crippen molar-refractivity contribution in [3.8, 4) is 5.75 Å². The molecule has 0 atom stereocenters. The molecule has 0 bridgehead atoms. The van der Waals surface area contributed by atoms with Crippen LogP contribution < -0.4 is 4.74 Å². The summed E-state index contributed by atoms with van der Waals surface area (Å²) in [6.07, 6.45) is 1.56. The molecular formula is C17H25NO7S. The van der Waals surface area contributed by atoms with Crippen LogP contribution in [0.1, 0.15) is 19.8 Å². The molecule has 0 spiro atoms. The van der Waals surface area contributed by atoms with Crippen molar-refractivity contribution < 1.29 is 28.7 Å². The van der Waals surface area contributed by atoms with E-state index in [-0.39, 0.29) is 24.7 Å². The monoisotopic (exact) mass is 387 g/mol. The van der Waals surface area contributed by atoms with Gasteiger partial charge in [-0.05, 0) is 24.3 Å². The van der Waals surface area contributed by atoms with Crippen LogP contribution >= 0.6 is 11.8 Å². The van der Waals surface area contributed by atoms with Crippen molar-refractivity contribution in [3.05, 3.63) is 34.4 Å². The van der Waals surface area contributed by atoms with E-state index in [0.29, 0.717) is 19.8 Å². The van der Waals surface area contributed by atoms with Gasteiger partial charge < -0.3 is 18.9 Å². The SMILES string of the molecule is CCCCSCCOCCOCCOC(=O)Oc1ccc([N+](=O)[O-])cc1. The summed E-state index contributed by atoms with van der Waals surface area (Å²) in [5.41, 5.74) is -0.0825. The summed E-state index contributed by atoms with van der Waals surface area (Å²) in [6.45, 7) is 4.11. The van der Waals surface area contributed by atoms with Crippen molar-refractivity contribution in [3.63, 3.8) is 0 Å². The molecule has 0 aliphatic carbocycles. The smallest absolute Gasteiger partial charge is 0.432 e. The van der Waals surface area contributed by atoms with E-state index in [1.54, 1.807) is 0 Å². The van der Waals surface area contributed by atoms with E-state index in [0.717, 1.165) is 5.75 Å². The maximum Gasteiger partial charge on any atom is 0.513 e. The standard InChI is InChI=1S/C17H25NO7S/c1-2-3-13-26-14-12-23-9-8-22-10-11-24-17(19)25-16-6-4-15(5-7-16)18(20)21/h4-7H,2-3,8-14H2,1H3. The fraction of sp³-hybridized carbons (Fsp3) is 0.588. The van der Waals surface area contributed by atoms with Gasteiger partial charge >= 0.3 is 6.16 Å². The zero-order valence-corrected chi connectivity index (χ0v) is 15.7. The number of nitro groups is 1. The Labute approximate surface area is 157 Å². The average Bonchev–Trinajstić information content (AvgIpc) is 2.63. The van der Waals surface area contributed by atoms with Gasteiger partial charge in [0.15, 0.2) is 0 Å². The Kier molecular flexibility index (Phi) is 12.2. The predicted molar refractivity (Wildman–Crippen MR) is 98.9 cm³/mol. The highest BCUT2D eigenvalue weighted by Gasteiger charge is 2.09. The number of nitro benzene ring substituents is 1. The molecule has 26 heavy (non-hydrogen) atoms. The van der Waals surface area contributed by atoms with Crippen LogP contribution in [0.2, 0.25) is 0 Å². The molecule has 0 heterocycles. The summed E-state index contributed by atoms with van der Waals surface area (Å²) in [4.78, 5) is 21.4. The van der Waals surface area contributed by atoms with Crippen LogP contribution in [0, 0.1) is 10.1 Å². The minimum atomic E-state index is -0.886. The van der Waals surface area contributed by atoms with Gasteiger partial charge in [-0.2, -0.15) is 11.8 Å². The summed E-state index contributed by atoms with van der Waals surface area (Å²) < 4.78 is 20.4. The Bertz CT molecular complexity index is 524. The number of non-ortho nitro benzene ring substituents is 1. The maximum atomic E-state index is 11.5. The minimum Gasteiger partial charge on any atom is -0.432 e. The predicted octanol–water partition coefficient (Wildman–Crippen LogP) is 3.68. The van der Waals surface area contributed by atoms with E-state index in [2.05, 4.69) is 6.92 Å². The number of benzene rings is 1. The fourth-order valence-corrected chi connectivity index (χ4v) is 2.67. The molecule has 1 rings (SSSR count). The second-order valence-electron chi connectivity index (χ2n) is 5.14. The molecule has 1 aromatic rings. The number of thioether (sulfide) groups is 1. The summed E-state index contributed by atoms with van der Waals surface area (Å²) in [5, 5.41) is 10.5. The molecule has 0 aromatic heterocycles. The van der Waals surface area contributed by atoms with Gasteiger partial charge in [0.05, 0.1) is 31.4 Å². The van der Waals surface area contributed by atoms with Crippen molar-refractivity contribution >= 4 is 23.6 Å². The Morgan fingerprint density at radius 1 is 1.04 bits per heavy atom. The third-order valence-electron chi connectivity index (χ3n) is 3.08. The number of rotatable bonds is 14. The van der Waals surface area contributed by atoms with E-state index < -0.39 is 11.1 Å². The first kappa shape index (κ1) is 22.2. The van der Waals surface area contributed by atoms with Gasteiger partial charge in [-0.25, -0.2) is 4.79 Å². The lowest BCUT2D eigenvalue weighted by Crippen LogP contribution is -2.16. The minimum absolute atomic E-state index is 0.0543. The van der Waals surface area contributed by atoms with Gasteiger partial charge in [0, 0.05) is 17.9 Å². The van der Waals surface area contributed by atoms with Gasteiger partial charge in [-0.15, -0.1) is 0 Å². The van der Waals surface area contributed by atoms with Gasteiger partial charge in [0.1, 0.15) is 12.4 Å². The topological polar surface area (TPSA) is 97.1 Å². The second-order valence-corrected chi connectivity index (χ2v) is 6.37. The van der Waals surface area contributed by atoms with Gasteiger partial charge in [0.25, 0.3) is 5.69 Å². The van der Waals surface area contributed by atoms with Crippen LogP contribution in [0.5, 0.6) is 5.75 Å². The second kappa shape index (κ2) is 14.3. The van der Waals surface area contributed by atoms with Crippen LogP contribution in [0.4, 0.5) is 10.5 Å². The van der Waals surface area contributed by atoms with Crippen molar-refractivity contribution in [1.29, 1.82) is 0 Å². The van der Waals surface area contributed by atoms with Crippen LogP contribution in [0.25, 0.3) is 0 Å². The normalized spacial score (nSPS) is 10.5. The molecule has 146 valence electrons. The van der Waals surface area contributed by atoms with E-state index in [1.165, 1.54) is 42.9 Å². The Balaban J connectivity index is 1.96. The largest absolute Gasteiger partial charge is 0.513 e. The molecular weight excluding hydrogens is 362 g/mol. The van der Waals surface area contributed by atoms with Crippen LogP contribution in [0.15, 0.2) is 24.3 Å². The summed E-state index contributed by atoms with van der Waals surface area (Å²) >= 11 is 1.89. The number of unbranched alkanes of at least 4 members (excludes halogenated alkanes) is 1. The van der Waals surface area contributed by atoms with Crippen molar-refractivity contribution in [1.82, 2.24) is 0 Å². The van der Waals surface area contributed by atoms with Gasteiger partial charge in [-0.1, -0.05) is 13.3 Å². The number of carbonyl (C=O) groups is 1. The first-order valence-electron chi connectivity index (χ1n) is 8.45. The summed E-state index contributed by atoms with van der Waals surface area (Å²) in [7, 11) is 0. The van der Waals surface area contributed by atoms with Crippen molar-refractivity contribution in [2.45, 2.75) is 19.8 Å². The number of nitrogens with zero attached hydrogens (tertiary/aromatic N) is 1. The highest BCUT2D eigenvalue weighted by Crippen LogP contribution is 2.17. The molecule has 0 saturated carbocycles. The van der Waals surface area contributed by atoms with E-state index in [9.17, 15) is 14.9 Å². The van der Waals surface area contributed by atoms with Crippen molar-refractivity contribution in [2.75, 3.05) is 44.5 Å². The number of carbonyl (C=O) groups excluding carboxylic acids is 1. The molecule has 0 saturated heterocycles. The van der Waals surface area contributed by atoms with E-state index in [4.69, 9.17) is 18.9 Å². The lowest BCUT2D eigenvalue weighted by molar-refractivity contribution is -0.384. The first-order chi connectivity index (χ1) is 12.6. The Hall–Kier alpha value is -1.84. The molecule has 0 N–H and O–H groups in total. The molecule has 0 unspecified atom stereocenters. The number of hydrogen-bond donors (Lipinski definition) is 0. The molecule has 9 heteroatoms. The zero-order valence-electron chi connectivity index (χ0n) is 14.9. The maximum absolute atomic E-state index is 11.5. The Morgan fingerprint density at radius 3 is 2.35 bits per heavy atom. The number of ether oxygens (including phenoxy) is 4. The first-order valence-corrected chi connectivity index (χ1v) is 9.61. The van der Waals surface area contributed by atoms with Crippen molar-refractivity contribution in [2.24, 2.45) is 0 Å². The van der Waals surface area contributed by atoms with Crippen LogP contribution in [0.3, 0.4) is 0 Å². The van der Waals surface area contributed by atoms with Gasteiger partial charge in [0.2, 0.25) is 0 Å². The summed E-state index contributed by atoms with van der Waals surface area (Å²) in [6, 6.07) is 5.14. The van der Waals surface area contributed by atoms with Crippen LogP contribution in [-0.2, 0) is 14.2 Å². The lowest BCUT2D eigenvalue weighted by atomic mass is 10.3. The molecule has 8 nitrogen and oxygen atoms in total. The summed E-state index contributed by atoms with van der Waals surface area (Å²) in [5.74, 6) is 2.33. The Morgan fingerprint density at radius 2 is 1.69 bits per heavy atom. The van der Waals surface area contributed by atoms with E-state index >= 15 is 0 Å². The molecule has 0 aliphatic rings. The third-order valence-corrected chi connectivity index (χ3v) is 4.12. The van der Waals surface area contributed by atoms with Gasteiger partial charge in [-0.3, -0.25) is 10.1 Å². The lowest BCUT2D eigenvalue weighted by Gasteiger charge is -2.07. The molecule has 0 aliphatic heterocycles. The third kappa shape index (κ3) is 10.9. The molecule has 0 amide bonds. The highest BCUT2D eigenvalue weighted by atomic mass is 32.2. The number of hydrogen-bond acceptors (Lipinski definition) is 8. The molecule has 1 aromatic carbocycles. The van der Waals surface area contributed by atoms with E-state index in [1.807, 2.05) is 11.8 Å². The average molecular weight is 387 g/mol. The fourth-order valence-electron chi connectivity index (χ4n) is 1.73. The molecule has 0 fully saturated rings. The zero-order chi connectivity index (χ0) is 19.0. The highest BCUT2D eigenvalue weighted by molar-refractivity contribution is 7.99. The van der Waals surface area contributed by atoms with Crippen LogP contribution in [-0.4, -0.2) is 55.6 Å². The quantitative estimate of drug-likeness (QED) is 0.157.